The molecule has 18 heavy (non-hydrogen) atoms. The Labute approximate surface area is 103 Å². The van der Waals surface area contributed by atoms with E-state index in [-0.39, 0.29) is 11.4 Å². The molecule has 0 bridgehead atoms. The smallest absolute Gasteiger partial charge is 0.354 e. The molecule has 0 radical (unpaired) electrons. The van der Waals surface area contributed by atoms with Crippen molar-refractivity contribution in [3.63, 3.8) is 0 Å². The molecule has 6 nitrogen and oxygen atoms in total. The number of carbonyl (C=O) groups is 1. The first-order chi connectivity index (χ1) is 8.37. The number of sulfonamides is 1. The minimum Gasteiger partial charge on any atom is -0.477 e. The van der Waals surface area contributed by atoms with Crippen LogP contribution in [0.2, 0.25) is 0 Å². The highest BCUT2D eigenvalue weighted by molar-refractivity contribution is 7.92. The van der Waals surface area contributed by atoms with Crippen molar-refractivity contribution < 1.29 is 18.3 Å². The number of carboxylic acids is 1. The summed E-state index contributed by atoms with van der Waals surface area (Å²) < 4.78 is 24.7. The van der Waals surface area contributed by atoms with E-state index in [1.165, 1.54) is 12.1 Å². The van der Waals surface area contributed by atoms with Gasteiger partial charge in [0.25, 0.3) is 0 Å². The molecule has 94 valence electrons. The Kier molecular flexibility index (Phi) is 2.92. The summed E-state index contributed by atoms with van der Waals surface area (Å²) in [5, 5.41) is 9.53. The van der Waals surface area contributed by atoms with E-state index in [2.05, 4.69) is 9.71 Å². The summed E-state index contributed by atoms with van der Waals surface area (Å²) in [5.74, 6) is -1.16. The van der Waals surface area contributed by atoms with Crippen molar-refractivity contribution >= 4 is 32.6 Å². The minimum absolute atomic E-state index is 0.134. The third kappa shape index (κ3) is 2.57. The Morgan fingerprint density at radius 2 is 2.00 bits per heavy atom. The predicted molar refractivity (Wildman–Crippen MR) is 67.2 cm³/mol. The second kappa shape index (κ2) is 4.26. The molecule has 2 aromatic rings. The van der Waals surface area contributed by atoms with Crippen LogP contribution in [0.4, 0.5) is 5.69 Å². The van der Waals surface area contributed by atoms with Crippen molar-refractivity contribution in [1.29, 1.82) is 0 Å². The van der Waals surface area contributed by atoms with Gasteiger partial charge in [0.1, 0.15) is 5.69 Å². The zero-order valence-electron chi connectivity index (χ0n) is 9.41. The molecule has 1 aromatic heterocycles. The molecule has 0 amide bonds. The summed E-state index contributed by atoms with van der Waals surface area (Å²) >= 11 is 0. The van der Waals surface area contributed by atoms with Crippen LogP contribution >= 0.6 is 0 Å². The first-order valence-corrected chi connectivity index (χ1v) is 6.87. The number of fused-ring (bicyclic) bond motifs is 1. The average Bonchev–Trinajstić information content (AvgIpc) is 2.26. The molecule has 0 aliphatic heterocycles. The lowest BCUT2D eigenvalue weighted by Gasteiger charge is -2.07. The number of aromatic nitrogens is 1. The summed E-state index contributed by atoms with van der Waals surface area (Å²) in [5.41, 5.74) is 0.436. The number of pyridine rings is 1. The Bertz CT molecular complexity index is 725. The molecule has 0 saturated carbocycles. The maximum absolute atomic E-state index is 11.2. The number of anilines is 1. The van der Waals surface area contributed by atoms with Gasteiger partial charge in [0, 0.05) is 5.39 Å². The zero-order chi connectivity index (χ0) is 13.3. The van der Waals surface area contributed by atoms with Crippen molar-refractivity contribution in [2.75, 3.05) is 11.0 Å². The van der Waals surface area contributed by atoms with Crippen LogP contribution < -0.4 is 4.72 Å². The van der Waals surface area contributed by atoms with Crippen LogP contribution in [0.3, 0.4) is 0 Å². The standard InChI is InChI=1S/C11H10N2O4S/c1-18(16,17)13-8-4-2-3-7-5-6-9(11(14)15)12-10(7)8/h2-6,13H,1H3,(H,14,15). The maximum Gasteiger partial charge on any atom is 0.354 e. The first-order valence-electron chi connectivity index (χ1n) is 4.98. The van der Waals surface area contributed by atoms with E-state index in [1.54, 1.807) is 18.2 Å². The van der Waals surface area contributed by atoms with Gasteiger partial charge < -0.3 is 5.11 Å². The first kappa shape index (κ1) is 12.3. The van der Waals surface area contributed by atoms with Crippen molar-refractivity contribution in [2.45, 2.75) is 0 Å². The van der Waals surface area contributed by atoms with E-state index >= 15 is 0 Å². The predicted octanol–water partition coefficient (Wildman–Crippen LogP) is 1.30. The summed E-state index contributed by atoms with van der Waals surface area (Å²) in [7, 11) is -3.44. The molecule has 7 heteroatoms. The normalized spacial score (nSPS) is 11.4. The van der Waals surface area contributed by atoms with Gasteiger partial charge in [-0.3, -0.25) is 4.72 Å². The lowest BCUT2D eigenvalue weighted by molar-refractivity contribution is 0.0691. The third-order valence-electron chi connectivity index (χ3n) is 2.23. The highest BCUT2D eigenvalue weighted by atomic mass is 32.2. The number of benzene rings is 1. The van der Waals surface area contributed by atoms with Crippen molar-refractivity contribution in [3.8, 4) is 0 Å². The lowest BCUT2D eigenvalue weighted by Crippen LogP contribution is -2.10. The van der Waals surface area contributed by atoms with Gasteiger partial charge in [-0.1, -0.05) is 18.2 Å². The Balaban J connectivity index is 2.66. The number of carboxylic acid groups (broad SMARTS) is 1. The van der Waals surface area contributed by atoms with Crippen LogP contribution in [0.1, 0.15) is 10.5 Å². The summed E-state index contributed by atoms with van der Waals surface area (Å²) in [6.45, 7) is 0. The molecule has 1 aromatic carbocycles. The van der Waals surface area contributed by atoms with E-state index in [4.69, 9.17) is 5.11 Å². The fourth-order valence-corrected chi connectivity index (χ4v) is 2.11. The van der Waals surface area contributed by atoms with Crippen LogP contribution in [0.25, 0.3) is 10.9 Å². The van der Waals surface area contributed by atoms with Gasteiger partial charge in [0.05, 0.1) is 17.5 Å². The average molecular weight is 266 g/mol. The van der Waals surface area contributed by atoms with Gasteiger partial charge in [-0.2, -0.15) is 0 Å². The van der Waals surface area contributed by atoms with Gasteiger partial charge in [0.15, 0.2) is 0 Å². The number of hydrogen-bond donors (Lipinski definition) is 2. The highest BCUT2D eigenvalue weighted by Crippen LogP contribution is 2.22. The molecular formula is C11H10N2O4S. The quantitative estimate of drug-likeness (QED) is 0.873. The van der Waals surface area contributed by atoms with Crippen LogP contribution in [0, 0.1) is 0 Å². The molecule has 0 saturated heterocycles. The van der Waals surface area contributed by atoms with Gasteiger partial charge >= 0.3 is 5.97 Å². The molecule has 2 rings (SSSR count). The Morgan fingerprint density at radius 3 is 2.61 bits per heavy atom. The largest absolute Gasteiger partial charge is 0.477 e. The SMILES string of the molecule is CS(=O)(=O)Nc1cccc2ccc(C(=O)O)nc12. The lowest BCUT2D eigenvalue weighted by atomic mass is 10.2. The van der Waals surface area contributed by atoms with Crippen LogP contribution in [-0.2, 0) is 10.0 Å². The summed E-state index contributed by atoms with van der Waals surface area (Å²) in [6, 6.07) is 7.87. The second-order valence-corrected chi connectivity index (χ2v) is 5.50. The molecule has 0 atom stereocenters. The van der Waals surface area contributed by atoms with Crippen LogP contribution in [0.5, 0.6) is 0 Å². The van der Waals surface area contributed by atoms with E-state index < -0.39 is 16.0 Å². The van der Waals surface area contributed by atoms with E-state index in [0.29, 0.717) is 10.9 Å². The van der Waals surface area contributed by atoms with Gasteiger partial charge in [0.2, 0.25) is 10.0 Å². The van der Waals surface area contributed by atoms with Crippen LogP contribution in [0.15, 0.2) is 30.3 Å². The van der Waals surface area contributed by atoms with E-state index in [9.17, 15) is 13.2 Å². The molecule has 0 spiro atoms. The number of nitrogens with one attached hydrogen (secondary N) is 1. The zero-order valence-corrected chi connectivity index (χ0v) is 10.2. The highest BCUT2D eigenvalue weighted by Gasteiger charge is 2.10. The van der Waals surface area contributed by atoms with Crippen molar-refractivity contribution in [1.82, 2.24) is 4.98 Å². The molecule has 0 fully saturated rings. The number of para-hydroxylation sites is 1. The summed E-state index contributed by atoms with van der Waals surface area (Å²) in [4.78, 5) is 14.8. The topological polar surface area (TPSA) is 96.4 Å². The van der Waals surface area contributed by atoms with Gasteiger partial charge in [-0.25, -0.2) is 18.2 Å². The van der Waals surface area contributed by atoms with E-state index in [0.717, 1.165) is 6.26 Å². The van der Waals surface area contributed by atoms with Crippen molar-refractivity contribution in [3.05, 3.63) is 36.0 Å². The fraction of sp³-hybridized carbons (Fsp3) is 0.0909. The second-order valence-electron chi connectivity index (χ2n) is 3.75. The van der Waals surface area contributed by atoms with Crippen molar-refractivity contribution in [2.24, 2.45) is 0 Å². The maximum atomic E-state index is 11.2. The minimum atomic E-state index is -3.44. The van der Waals surface area contributed by atoms with Crippen LogP contribution in [-0.4, -0.2) is 30.7 Å². The molecule has 2 N–H and O–H groups in total. The van der Waals surface area contributed by atoms with E-state index in [1.807, 2.05) is 0 Å². The third-order valence-corrected chi connectivity index (χ3v) is 2.83. The fourth-order valence-electron chi connectivity index (χ4n) is 1.55. The number of hydrogen-bond acceptors (Lipinski definition) is 4. The Morgan fingerprint density at radius 1 is 1.28 bits per heavy atom. The Hall–Kier alpha value is -2.15. The number of rotatable bonds is 3. The molecule has 0 unspecified atom stereocenters. The molecule has 0 aliphatic carbocycles. The monoisotopic (exact) mass is 266 g/mol. The number of aromatic carboxylic acids is 1. The van der Waals surface area contributed by atoms with Gasteiger partial charge in [-0.15, -0.1) is 0 Å². The summed E-state index contributed by atoms with van der Waals surface area (Å²) in [6.07, 6.45) is 1.02. The van der Waals surface area contributed by atoms with Gasteiger partial charge in [-0.05, 0) is 12.1 Å². The molecule has 0 aliphatic rings. The molecular weight excluding hydrogens is 256 g/mol. The molecule has 1 heterocycles. The number of nitrogens with zero attached hydrogens (tertiary/aromatic N) is 1.